The number of hydrogen-bond donors (Lipinski definition) is 3. The Morgan fingerprint density at radius 3 is 2.82 bits per heavy atom. The lowest BCUT2D eigenvalue weighted by molar-refractivity contribution is 0.417. The van der Waals surface area contributed by atoms with Crippen molar-refractivity contribution >= 4 is 17.2 Å². The molecule has 1 aliphatic carbocycles. The number of nitrogens with two attached hydrogens (primary N) is 1. The average molecular weight is 378 g/mol. The number of benzene rings is 1. The summed E-state index contributed by atoms with van der Waals surface area (Å²) in [5.74, 6) is 0.756. The molecule has 28 heavy (non-hydrogen) atoms. The molecule has 0 spiro atoms. The maximum absolute atomic E-state index is 13.9. The van der Waals surface area contributed by atoms with Crippen LogP contribution in [-0.2, 0) is 6.54 Å². The molecule has 1 aliphatic rings. The molecular weight excluding hydrogens is 359 g/mol. The van der Waals surface area contributed by atoms with Crippen LogP contribution in [0.4, 0.5) is 10.2 Å². The molecule has 1 saturated carbocycles. The highest BCUT2D eigenvalue weighted by atomic mass is 19.1. The molecule has 0 radical (unpaired) electrons. The van der Waals surface area contributed by atoms with E-state index in [2.05, 4.69) is 20.4 Å². The molecule has 0 unspecified atom stereocenters. The van der Waals surface area contributed by atoms with Crippen LogP contribution >= 0.6 is 0 Å². The van der Waals surface area contributed by atoms with E-state index in [1.807, 2.05) is 0 Å². The zero-order chi connectivity index (χ0) is 19.5. The predicted octanol–water partition coefficient (Wildman–Crippen LogP) is 3.26. The first-order valence-corrected chi connectivity index (χ1v) is 8.93. The summed E-state index contributed by atoms with van der Waals surface area (Å²) in [7, 11) is 0. The third-order valence-electron chi connectivity index (χ3n) is 4.54. The number of nitrogen functional groups attached to an aromatic ring is 1. The van der Waals surface area contributed by atoms with Gasteiger partial charge in [0.1, 0.15) is 29.3 Å². The van der Waals surface area contributed by atoms with E-state index >= 15 is 0 Å². The van der Waals surface area contributed by atoms with Crippen molar-refractivity contribution in [1.29, 1.82) is 5.41 Å². The van der Waals surface area contributed by atoms with Crippen LogP contribution in [0, 0.1) is 11.2 Å². The summed E-state index contributed by atoms with van der Waals surface area (Å²) in [6.07, 6.45) is 6.85. The van der Waals surface area contributed by atoms with E-state index < -0.39 is 0 Å². The number of allylic oxidation sites excluding steroid dienone is 1. The minimum atomic E-state index is -0.309. The lowest BCUT2D eigenvalue weighted by Gasteiger charge is -2.10. The summed E-state index contributed by atoms with van der Waals surface area (Å²) in [5.41, 5.74) is 8.51. The van der Waals surface area contributed by atoms with Crippen LogP contribution in [0.1, 0.15) is 41.4 Å². The Morgan fingerprint density at radius 1 is 1.32 bits per heavy atom. The van der Waals surface area contributed by atoms with Crippen molar-refractivity contribution in [3.8, 4) is 0 Å². The van der Waals surface area contributed by atoms with Crippen molar-refractivity contribution in [2.24, 2.45) is 0 Å². The number of hydrogen-bond acceptors (Lipinski definition) is 7. The van der Waals surface area contributed by atoms with Crippen LogP contribution < -0.4 is 11.1 Å². The smallest absolute Gasteiger partial charge is 0.179 e. The Bertz CT molecular complexity index is 1030. The fraction of sp³-hybridized carbons (Fsp3) is 0.200. The molecule has 0 amide bonds. The van der Waals surface area contributed by atoms with Crippen molar-refractivity contribution in [1.82, 2.24) is 20.4 Å². The Morgan fingerprint density at radius 2 is 2.14 bits per heavy atom. The third-order valence-corrected chi connectivity index (χ3v) is 4.54. The number of anilines is 1. The second-order valence-electron chi connectivity index (χ2n) is 6.61. The highest BCUT2D eigenvalue weighted by Gasteiger charge is 2.27. The predicted molar refractivity (Wildman–Crippen MR) is 103 cm³/mol. The summed E-state index contributed by atoms with van der Waals surface area (Å²) in [5, 5.41) is 15.4. The largest absolute Gasteiger partial charge is 0.383 e. The minimum Gasteiger partial charge on any atom is -0.383 e. The maximum Gasteiger partial charge on any atom is 0.179 e. The topological polar surface area (TPSA) is 114 Å². The van der Waals surface area contributed by atoms with E-state index in [1.165, 1.54) is 18.4 Å². The second-order valence-corrected chi connectivity index (χ2v) is 6.61. The van der Waals surface area contributed by atoms with Crippen LogP contribution in [0.15, 0.2) is 53.4 Å². The van der Waals surface area contributed by atoms with Crippen LogP contribution in [0.5, 0.6) is 0 Å². The Kier molecular flexibility index (Phi) is 4.84. The van der Waals surface area contributed by atoms with Gasteiger partial charge in [0.05, 0.1) is 5.70 Å². The van der Waals surface area contributed by atoms with Gasteiger partial charge >= 0.3 is 0 Å². The standard InChI is InChI=1S/C20H19FN6O/c21-15-4-2-1-3-13(15)10-24-18(17-7-8-28-27-17)9-16(22)20-25-11-14(12-5-6-12)19(23)26-20/h1-4,7-9,11-12,22,24H,5-6,10H2,(H2,23,25,26)/b18-9-,22-16?. The molecule has 2 heterocycles. The molecule has 0 aliphatic heterocycles. The van der Waals surface area contributed by atoms with Gasteiger partial charge in [0.15, 0.2) is 5.82 Å². The summed E-state index contributed by atoms with van der Waals surface area (Å²) < 4.78 is 18.8. The van der Waals surface area contributed by atoms with Crippen molar-refractivity contribution in [3.05, 3.63) is 77.3 Å². The van der Waals surface area contributed by atoms with Gasteiger partial charge in [0.25, 0.3) is 0 Å². The molecule has 7 nitrogen and oxygen atoms in total. The lowest BCUT2D eigenvalue weighted by atomic mass is 10.1. The molecular formula is C20H19FN6O. The average Bonchev–Trinajstić information content (AvgIpc) is 3.39. The van der Waals surface area contributed by atoms with Gasteiger partial charge in [-0.25, -0.2) is 14.4 Å². The molecule has 4 N–H and O–H groups in total. The molecule has 8 heteroatoms. The summed E-state index contributed by atoms with van der Waals surface area (Å²) in [4.78, 5) is 8.54. The van der Waals surface area contributed by atoms with Crippen LogP contribution in [0.2, 0.25) is 0 Å². The molecule has 4 rings (SSSR count). The summed E-state index contributed by atoms with van der Waals surface area (Å²) in [6, 6.07) is 8.14. The first kappa shape index (κ1) is 17.8. The third kappa shape index (κ3) is 3.90. The van der Waals surface area contributed by atoms with Gasteiger partial charge < -0.3 is 15.6 Å². The zero-order valence-corrected chi connectivity index (χ0v) is 15.0. The fourth-order valence-electron chi connectivity index (χ4n) is 2.85. The quantitative estimate of drug-likeness (QED) is 0.544. The Labute approximate surface area is 161 Å². The van der Waals surface area contributed by atoms with Gasteiger partial charge in [0.2, 0.25) is 0 Å². The van der Waals surface area contributed by atoms with Crippen LogP contribution in [0.3, 0.4) is 0 Å². The van der Waals surface area contributed by atoms with Crippen molar-refractivity contribution in [2.75, 3.05) is 5.73 Å². The molecule has 2 aromatic heterocycles. The summed E-state index contributed by atoms with van der Waals surface area (Å²) >= 11 is 0. The highest BCUT2D eigenvalue weighted by molar-refractivity contribution is 6.07. The first-order valence-electron chi connectivity index (χ1n) is 8.93. The number of halogens is 1. The van der Waals surface area contributed by atoms with Crippen molar-refractivity contribution < 1.29 is 8.91 Å². The Hall–Kier alpha value is -3.55. The van der Waals surface area contributed by atoms with Gasteiger partial charge in [0, 0.05) is 29.9 Å². The number of aromatic nitrogens is 3. The molecule has 1 aromatic carbocycles. The molecule has 3 aromatic rings. The molecule has 0 atom stereocenters. The van der Waals surface area contributed by atoms with E-state index in [0.29, 0.717) is 28.7 Å². The molecule has 1 fully saturated rings. The van der Waals surface area contributed by atoms with Crippen LogP contribution in [-0.4, -0.2) is 20.8 Å². The number of rotatable bonds is 7. The normalized spacial score (nSPS) is 14.1. The maximum atomic E-state index is 13.9. The molecule has 142 valence electrons. The van der Waals surface area contributed by atoms with Gasteiger partial charge in [-0.3, -0.25) is 5.41 Å². The zero-order valence-electron chi connectivity index (χ0n) is 15.0. The highest BCUT2D eigenvalue weighted by Crippen LogP contribution is 2.41. The fourth-order valence-corrected chi connectivity index (χ4v) is 2.85. The van der Waals surface area contributed by atoms with Crippen molar-refractivity contribution in [2.45, 2.75) is 25.3 Å². The lowest BCUT2D eigenvalue weighted by Crippen LogP contribution is -2.16. The first-order chi connectivity index (χ1) is 13.6. The van der Waals surface area contributed by atoms with Crippen molar-refractivity contribution in [3.63, 3.8) is 0 Å². The molecule has 0 saturated heterocycles. The van der Waals surface area contributed by atoms with E-state index in [9.17, 15) is 4.39 Å². The van der Waals surface area contributed by atoms with Gasteiger partial charge in [-0.2, -0.15) is 0 Å². The number of nitrogens with zero attached hydrogens (tertiary/aromatic N) is 3. The van der Waals surface area contributed by atoms with Crippen LogP contribution in [0.25, 0.3) is 5.70 Å². The number of nitrogens with one attached hydrogen (secondary N) is 2. The van der Waals surface area contributed by atoms with E-state index in [0.717, 1.165) is 18.4 Å². The second kappa shape index (κ2) is 7.59. The van der Waals surface area contributed by atoms with Gasteiger partial charge in [-0.05, 0) is 30.9 Å². The molecule has 0 bridgehead atoms. The Balaban J connectivity index is 1.57. The van der Waals surface area contributed by atoms with E-state index in [1.54, 1.807) is 30.5 Å². The summed E-state index contributed by atoms with van der Waals surface area (Å²) in [6.45, 7) is 0.224. The van der Waals surface area contributed by atoms with Gasteiger partial charge in [-0.15, -0.1) is 0 Å². The van der Waals surface area contributed by atoms with E-state index in [4.69, 9.17) is 15.7 Å². The van der Waals surface area contributed by atoms with E-state index in [-0.39, 0.29) is 23.9 Å². The monoisotopic (exact) mass is 378 g/mol. The minimum absolute atomic E-state index is 0.0630. The SMILES string of the molecule is N=C(/C=C(\NCc1ccccc1F)c1ccon1)c1ncc(C2CC2)c(N)n1. The van der Waals surface area contributed by atoms with Gasteiger partial charge in [-0.1, -0.05) is 23.4 Å².